The van der Waals surface area contributed by atoms with E-state index >= 15 is 0 Å². The zero-order chi connectivity index (χ0) is 12.8. The Morgan fingerprint density at radius 3 is 3.00 bits per heavy atom. The van der Waals surface area contributed by atoms with E-state index in [4.69, 9.17) is 0 Å². The molecule has 18 heavy (non-hydrogen) atoms. The Labute approximate surface area is 106 Å². The van der Waals surface area contributed by atoms with Gasteiger partial charge in [-0.3, -0.25) is 10.1 Å². The second-order valence-corrected chi connectivity index (χ2v) is 3.91. The predicted molar refractivity (Wildman–Crippen MR) is 70.4 cm³/mol. The molecule has 0 saturated carbocycles. The number of pyridine rings is 1. The number of aromatic nitrogens is 1. The fourth-order valence-electron chi connectivity index (χ4n) is 1.73. The lowest BCUT2D eigenvalue weighted by molar-refractivity contribution is -0.117. The summed E-state index contributed by atoms with van der Waals surface area (Å²) >= 11 is 0. The van der Waals surface area contributed by atoms with E-state index in [1.165, 1.54) is 0 Å². The second kappa shape index (κ2) is 6.00. The molecule has 6 heteroatoms. The third kappa shape index (κ3) is 3.19. The van der Waals surface area contributed by atoms with Crippen LogP contribution < -0.4 is 10.6 Å². The molecule has 2 heterocycles. The van der Waals surface area contributed by atoms with Crippen LogP contribution in [-0.2, 0) is 4.79 Å². The van der Waals surface area contributed by atoms with Gasteiger partial charge in [0.15, 0.2) is 0 Å². The van der Waals surface area contributed by atoms with Crippen LogP contribution in [0.25, 0.3) is 0 Å². The summed E-state index contributed by atoms with van der Waals surface area (Å²) in [4.78, 5) is 21.5. The quantitative estimate of drug-likeness (QED) is 0.785. The molecule has 2 N–H and O–H groups in total. The monoisotopic (exact) mass is 247 g/mol. The molecule has 0 aromatic carbocycles. The van der Waals surface area contributed by atoms with Crippen LogP contribution in [0.5, 0.6) is 0 Å². The Hall–Kier alpha value is -2.11. The van der Waals surface area contributed by atoms with Crippen LogP contribution in [0.2, 0.25) is 0 Å². The van der Waals surface area contributed by atoms with Crippen molar-refractivity contribution in [3.05, 3.63) is 24.4 Å². The van der Waals surface area contributed by atoms with Crippen molar-refractivity contribution >= 4 is 17.7 Å². The number of likely N-dealkylation sites (N-methyl/N-ethyl adjacent to an activating group) is 1. The normalized spacial score (nSPS) is 14.1. The molecular weight excluding hydrogens is 230 g/mol. The van der Waals surface area contributed by atoms with Crippen LogP contribution >= 0.6 is 0 Å². The minimum Gasteiger partial charge on any atom is -0.368 e. The van der Waals surface area contributed by atoms with Crippen molar-refractivity contribution < 1.29 is 4.79 Å². The van der Waals surface area contributed by atoms with Gasteiger partial charge >= 0.3 is 0 Å². The first kappa shape index (κ1) is 12.3. The van der Waals surface area contributed by atoms with Gasteiger partial charge < -0.3 is 10.2 Å². The molecular formula is C12H17N5O. The molecule has 0 saturated heterocycles. The molecule has 1 aliphatic rings. The fraction of sp³-hybridized carbons (Fsp3) is 0.417. The Bertz CT molecular complexity index is 431. The van der Waals surface area contributed by atoms with Crippen molar-refractivity contribution in [3.8, 4) is 0 Å². The van der Waals surface area contributed by atoms with Crippen LogP contribution in [0.4, 0.5) is 5.82 Å². The number of carbonyl (C=O) groups is 1. The molecule has 0 fully saturated rings. The van der Waals surface area contributed by atoms with E-state index in [0.29, 0.717) is 5.96 Å². The van der Waals surface area contributed by atoms with Crippen molar-refractivity contribution in [2.45, 2.75) is 6.92 Å². The smallest absolute Gasteiger partial charge is 0.248 e. The largest absolute Gasteiger partial charge is 0.368 e. The van der Waals surface area contributed by atoms with Crippen LogP contribution in [-0.4, -0.2) is 47.9 Å². The molecule has 1 amide bonds. The molecule has 0 unspecified atom stereocenters. The van der Waals surface area contributed by atoms with E-state index in [2.05, 4.69) is 20.6 Å². The number of nitrogens with one attached hydrogen (secondary N) is 2. The number of aliphatic imine (C=N–C) groups is 1. The highest BCUT2D eigenvalue weighted by atomic mass is 16.2. The number of hydrogen-bond donors (Lipinski definition) is 2. The number of amides is 1. The topological polar surface area (TPSA) is 69.6 Å². The Morgan fingerprint density at radius 1 is 1.50 bits per heavy atom. The number of rotatable bonds is 5. The van der Waals surface area contributed by atoms with Gasteiger partial charge in [-0.2, -0.15) is 0 Å². The van der Waals surface area contributed by atoms with Gasteiger partial charge in [0.25, 0.3) is 0 Å². The van der Waals surface area contributed by atoms with Gasteiger partial charge in [-0.05, 0) is 19.1 Å². The molecule has 6 nitrogen and oxygen atoms in total. The zero-order valence-electron chi connectivity index (χ0n) is 10.4. The van der Waals surface area contributed by atoms with Crippen LogP contribution in [0.3, 0.4) is 0 Å². The second-order valence-electron chi connectivity index (χ2n) is 3.91. The Balaban J connectivity index is 1.79. The fourth-order valence-corrected chi connectivity index (χ4v) is 1.73. The molecule has 0 radical (unpaired) electrons. The van der Waals surface area contributed by atoms with E-state index < -0.39 is 0 Å². The summed E-state index contributed by atoms with van der Waals surface area (Å²) in [5.41, 5.74) is 0. The SMILES string of the molecule is CCN(CCNc1ccccn1)C1=NCC(=O)N1. The summed E-state index contributed by atoms with van der Waals surface area (Å²) in [5.74, 6) is 1.48. The summed E-state index contributed by atoms with van der Waals surface area (Å²) in [5, 5.41) is 5.97. The maximum absolute atomic E-state index is 11.1. The van der Waals surface area contributed by atoms with E-state index in [1.807, 2.05) is 30.0 Å². The predicted octanol–water partition coefficient (Wildman–Crippen LogP) is 0.301. The minimum atomic E-state index is -0.0406. The zero-order valence-corrected chi connectivity index (χ0v) is 10.4. The maximum atomic E-state index is 11.1. The van der Waals surface area contributed by atoms with E-state index in [0.717, 1.165) is 25.5 Å². The van der Waals surface area contributed by atoms with E-state index in [1.54, 1.807) is 6.20 Å². The summed E-state index contributed by atoms with van der Waals surface area (Å²) < 4.78 is 0. The Kier molecular flexibility index (Phi) is 4.11. The lowest BCUT2D eigenvalue weighted by Crippen LogP contribution is -2.42. The lowest BCUT2D eigenvalue weighted by atomic mass is 10.4. The highest BCUT2D eigenvalue weighted by Crippen LogP contribution is 2.00. The Morgan fingerprint density at radius 2 is 2.39 bits per heavy atom. The van der Waals surface area contributed by atoms with Gasteiger partial charge in [-0.25, -0.2) is 9.98 Å². The molecule has 1 aliphatic heterocycles. The average Bonchev–Trinajstić information content (AvgIpc) is 2.82. The highest BCUT2D eigenvalue weighted by molar-refractivity contribution is 6.02. The molecule has 96 valence electrons. The van der Waals surface area contributed by atoms with Crippen LogP contribution in [0, 0.1) is 0 Å². The highest BCUT2D eigenvalue weighted by Gasteiger charge is 2.17. The van der Waals surface area contributed by atoms with Crippen LogP contribution in [0.1, 0.15) is 6.92 Å². The van der Waals surface area contributed by atoms with Gasteiger partial charge in [0.1, 0.15) is 12.4 Å². The first-order valence-corrected chi connectivity index (χ1v) is 6.03. The van der Waals surface area contributed by atoms with E-state index in [9.17, 15) is 4.79 Å². The lowest BCUT2D eigenvalue weighted by Gasteiger charge is -2.22. The molecule has 1 aromatic heterocycles. The van der Waals surface area contributed by atoms with Gasteiger partial charge in [0, 0.05) is 25.8 Å². The molecule has 0 spiro atoms. The van der Waals surface area contributed by atoms with Crippen molar-refractivity contribution in [3.63, 3.8) is 0 Å². The number of hydrogen-bond acceptors (Lipinski definition) is 5. The maximum Gasteiger partial charge on any atom is 0.248 e. The summed E-state index contributed by atoms with van der Waals surface area (Å²) in [6.07, 6.45) is 1.75. The van der Waals surface area contributed by atoms with Crippen molar-refractivity contribution in [1.82, 2.24) is 15.2 Å². The minimum absolute atomic E-state index is 0.0406. The van der Waals surface area contributed by atoms with Gasteiger partial charge in [0.2, 0.25) is 11.9 Å². The third-order valence-electron chi connectivity index (χ3n) is 2.66. The summed E-state index contributed by atoms with van der Waals surface area (Å²) in [6.45, 7) is 4.60. The number of nitrogens with zero attached hydrogens (tertiary/aromatic N) is 3. The van der Waals surface area contributed by atoms with Crippen LogP contribution in [0.15, 0.2) is 29.4 Å². The molecule has 2 rings (SSSR count). The number of anilines is 1. The number of carbonyl (C=O) groups excluding carboxylic acids is 1. The summed E-state index contributed by atoms with van der Waals surface area (Å²) in [7, 11) is 0. The molecule has 0 atom stereocenters. The van der Waals surface area contributed by atoms with Gasteiger partial charge in [0.05, 0.1) is 0 Å². The first-order valence-electron chi connectivity index (χ1n) is 6.03. The number of guanidine groups is 1. The third-order valence-corrected chi connectivity index (χ3v) is 2.66. The first-order chi connectivity index (χ1) is 8.79. The molecule has 1 aromatic rings. The van der Waals surface area contributed by atoms with E-state index in [-0.39, 0.29) is 12.5 Å². The van der Waals surface area contributed by atoms with Gasteiger partial charge in [-0.1, -0.05) is 6.07 Å². The molecule has 0 bridgehead atoms. The molecule has 0 aliphatic carbocycles. The van der Waals surface area contributed by atoms with Crippen molar-refractivity contribution in [1.29, 1.82) is 0 Å². The van der Waals surface area contributed by atoms with Crippen molar-refractivity contribution in [2.75, 3.05) is 31.5 Å². The van der Waals surface area contributed by atoms with Crippen molar-refractivity contribution in [2.24, 2.45) is 4.99 Å². The average molecular weight is 247 g/mol. The summed E-state index contributed by atoms with van der Waals surface area (Å²) in [6, 6.07) is 5.74. The van der Waals surface area contributed by atoms with Gasteiger partial charge in [-0.15, -0.1) is 0 Å². The standard InChI is InChI=1S/C12H17N5O/c1-2-17(12-15-9-11(18)16-12)8-7-14-10-5-3-4-6-13-10/h3-6H,2,7-9H2,1H3,(H,13,14)(H,15,16,18).